The Bertz CT molecular complexity index is 989. The summed E-state index contributed by atoms with van der Waals surface area (Å²) < 4.78 is 5.12. The fraction of sp³-hybridized carbons (Fsp3) is 0.261. The number of benzene rings is 2. The van der Waals surface area contributed by atoms with Gasteiger partial charge in [-0.2, -0.15) is 4.98 Å². The topological polar surface area (TPSA) is 88.2 Å². The molecule has 0 unspecified atom stereocenters. The maximum absolute atomic E-state index is 12.2. The van der Waals surface area contributed by atoms with E-state index in [-0.39, 0.29) is 5.91 Å². The molecule has 2 aromatic carbocycles. The maximum atomic E-state index is 12.2. The van der Waals surface area contributed by atoms with Crippen LogP contribution in [-0.4, -0.2) is 29.5 Å². The Morgan fingerprint density at radius 1 is 1.00 bits per heavy atom. The minimum absolute atomic E-state index is 0.0728. The van der Waals surface area contributed by atoms with Crippen LogP contribution in [0.25, 0.3) is 0 Å². The zero-order valence-corrected chi connectivity index (χ0v) is 17.5. The third-order valence-electron chi connectivity index (χ3n) is 4.58. The normalized spacial score (nSPS) is 10.4. The molecule has 3 rings (SSSR count). The Morgan fingerprint density at radius 3 is 2.50 bits per heavy atom. The lowest BCUT2D eigenvalue weighted by Crippen LogP contribution is -2.17. The molecular weight excluding hydrogens is 378 g/mol. The number of ether oxygens (including phenoxy) is 1. The zero-order valence-electron chi connectivity index (χ0n) is 17.5. The van der Waals surface area contributed by atoms with Crippen LogP contribution in [0, 0.1) is 13.8 Å². The molecule has 1 amide bonds. The Labute approximate surface area is 176 Å². The Hall–Kier alpha value is -3.61. The lowest BCUT2D eigenvalue weighted by Gasteiger charge is -2.11. The minimum atomic E-state index is -0.0728. The molecule has 0 fully saturated rings. The molecule has 0 bridgehead atoms. The van der Waals surface area contributed by atoms with E-state index >= 15 is 0 Å². The van der Waals surface area contributed by atoms with Gasteiger partial charge in [0, 0.05) is 37.0 Å². The first-order valence-electron chi connectivity index (χ1n) is 9.85. The maximum Gasteiger partial charge on any atom is 0.226 e. The number of rotatable bonds is 9. The van der Waals surface area contributed by atoms with Crippen molar-refractivity contribution in [2.45, 2.75) is 26.8 Å². The first-order chi connectivity index (χ1) is 14.5. The molecule has 0 saturated carbocycles. The summed E-state index contributed by atoms with van der Waals surface area (Å²) in [4.78, 5) is 21.1. The van der Waals surface area contributed by atoms with Crippen LogP contribution in [0.2, 0.25) is 0 Å². The van der Waals surface area contributed by atoms with Crippen LogP contribution in [0.5, 0.6) is 5.75 Å². The second-order valence-electron chi connectivity index (χ2n) is 6.95. The number of hydrogen-bond donors (Lipinski definition) is 3. The molecule has 0 radical (unpaired) electrons. The van der Waals surface area contributed by atoms with Gasteiger partial charge in [-0.25, -0.2) is 4.98 Å². The average molecular weight is 406 g/mol. The Balaban J connectivity index is 1.50. The molecule has 3 aromatic rings. The Morgan fingerprint density at radius 2 is 1.77 bits per heavy atom. The number of amides is 1. The molecule has 1 heterocycles. The van der Waals surface area contributed by atoms with Crippen LogP contribution in [0.15, 0.2) is 54.6 Å². The molecule has 0 saturated heterocycles. The highest BCUT2D eigenvalue weighted by Gasteiger charge is 2.06. The second kappa shape index (κ2) is 10.2. The average Bonchev–Trinajstić information content (AvgIpc) is 2.73. The second-order valence-corrected chi connectivity index (χ2v) is 6.95. The number of carbonyl (C=O) groups is 1. The lowest BCUT2D eigenvalue weighted by atomic mass is 10.1. The molecule has 156 valence electrons. The smallest absolute Gasteiger partial charge is 0.226 e. The summed E-state index contributed by atoms with van der Waals surface area (Å²) in [6.07, 6.45) is 0.320. The van der Waals surface area contributed by atoms with Gasteiger partial charge < -0.3 is 20.7 Å². The van der Waals surface area contributed by atoms with Crippen molar-refractivity contribution in [3.05, 3.63) is 71.4 Å². The van der Waals surface area contributed by atoms with Gasteiger partial charge in [-0.05, 0) is 49.2 Å². The highest BCUT2D eigenvalue weighted by molar-refractivity contribution is 5.91. The van der Waals surface area contributed by atoms with Crippen LogP contribution in [0.1, 0.15) is 23.2 Å². The number of anilines is 3. The number of hydrogen-bond acceptors (Lipinski definition) is 6. The number of methoxy groups -OCH3 is 1. The molecule has 7 nitrogen and oxygen atoms in total. The SMILES string of the molecule is COc1ccc(NC(=O)CCNc2cc(C)nc(NCc3ccccc3C)n2)cc1. The first kappa shape index (κ1) is 21.1. The summed E-state index contributed by atoms with van der Waals surface area (Å²) in [5.74, 6) is 1.92. The fourth-order valence-electron chi connectivity index (χ4n) is 2.92. The molecule has 30 heavy (non-hydrogen) atoms. The molecule has 1 aromatic heterocycles. The third-order valence-corrected chi connectivity index (χ3v) is 4.58. The van der Waals surface area contributed by atoms with Crippen molar-refractivity contribution in [3.63, 3.8) is 0 Å². The molecular formula is C23H27N5O2. The van der Waals surface area contributed by atoms with Crippen molar-refractivity contribution in [2.75, 3.05) is 29.6 Å². The van der Waals surface area contributed by atoms with Crippen LogP contribution in [0.4, 0.5) is 17.5 Å². The molecule has 0 aliphatic heterocycles. The van der Waals surface area contributed by atoms with E-state index in [2.05, 4.69) is 45.0 Å². The van der Waals surface area contributed by atoms with Crippen molar-refractivity contribution in [1.29, 1.82) is 0 Å². The highest BCUT2D eigenvalue weighted by Crippen LogP contribution is 2.16. The first-order valence-corrected chi connectivity index (χ1v) is 9.85. The van der Waals surface area contributed by atoms with E-state index < -0.39 is 0 Å². The standard InChI is InChI=1S/C23H27N5O2/c1-16-6-4-5-7-18(16)15-25-23-26-17(2)14-21(28-23)24-13-12-22(29)27-19-8-10-20(30-3)11-9-19/h4-11,14H,12-13,15H2,1-3H3,(H,27,29)(H2,24,25,26,28). The van der Waals surface area contributed by atoms with Gasteiger partial charge in [-0.3, -0.25) is 4.79 Å². The third kappa shape index (κ3) is 6.20. The molecule has 0 spiro atoms. The number of nitrogens with zero attached hydrogens (tertiary/aromatic N) is 2. The Kier molecular flexibility index (Phi) is 7.21. The highest BCUT2D eigenvalue weighted by atomic mass is 16.5. The monoisotopic (exact) mass is 405 g/mol. The molecule has 0 aliphatic rings. The number of carbonyl (C=O) groups excluding carboxylic acids is 1. The quantitative estimate of drug-likeness (QED) is 0.496. The van der Waals surface area contributed by atoms with E-state index in [9.17, 15) is 4.79 Å². The van der Waals surface area contributed by atoms with Crippen molar-refractivity contribution in [1.82, 2.24) is 9.97 Å². The van der Waals surface area contributed by atoms with E-state index in [1.807, 2.05) is 49.4 Å². The largest absolute Gasteiger partial charge is 0.497 e. The number of nitrogens with one attached hydrogen (secondary N) is 3. The van der Waals surface area contributed by atoms with Gasteiger partial charge in [0.25, 0.3) is 0 Å². The van der Waals surface area contributed by atoms with Gasteiger partial charge in [0.05, 0.1) is 7.11 Å². The van der Waals surface area contributed by atoms with E-state index in [4.69, 9.17) is 4.74 Å². The van der Waals surface area contributed by atoms with E-state index in [0.717, 1.165) is 17.1 Å². The summed E-state index contributed by atoms with van der Waals surface area (Å²) in [5.41, 5.74) is 4.01. The number of aryl methyl sites for hydroxylation is 2. The number of aromatic nitrogens is 2. The van der Waals surface area contributed by atoms with Crippen LogP contribution in [0.3, 0.4) is 0 Å². The van der Waals surface area contributed by atoms with Crippen molar-refractivity contribution in [3.8, 4) is 5.75 Å². The predicted molar refractivity (Wildman–Crippen MR) is 120 cm³/mol. The minimum Gasteiger partial charge on any atom is -0.497 e. The molecule has 0 aliphatic carbocycles. The summed E-state index contributed by atoms with van der Waals surface area (Å²) >= 11 is 0. The van der Waals surface area contributed by atoms with Crippen LogP contribution >= 0.6 is 0 Å². The van der Waals surface area contributed by atoms with E-state index in [1.165, 1.54) is 11.1 Å². The van der Waals surface area contributed by atoms with Crippen LogP contribution < -0.4 is 20.7 Å². The van der Waals surface area contributed by atoms with Gasteiger partial charge in [0.2, 0.25) is 11.9 Å². The molecule has 3 N–H and O–H groups in total. The zero-order chi connectivity index (χ0) is 21.3. The summed E-state index contributed by atoms with van der Waals surface area (Å²) in [7, 11) is 1.61. The van der Waals surface area contributed by atoms with E-state index in [0.29, 0.717) is 31.3 Å². The summed E-state index contributed by atoms with van der Waals surface area (Å²) in [6.45, 7) is 5.12. The van der Waals surface area contributed by atoms with Gasteiger partial charge >= 0.3 is 0 Å². The van der Waals surface area contributed by atoms with Crippen molar-refractivity contribution in [2.24, 2.45) is 0 Å². The molecule has 0 atom stereocenters. The summed E-state index contributed by atoms with van der Waals surface area (Å²) in [6, 6.07) is 17.3. The van der Waals surface area contributed by atoms with Crippen molar-refractivity contribution >= 4 is 23.4 Å². The van der Waals surface area contributed by atoms with Crippen molar-refractivity contribution < 1.29 is 9.53 Å². The van der Waals surface area contributed by atoms with Crippen LogP contribution in [-0.2, 0) is 11.3 Å². The van der Waals surface area contributed by atoms with Gasteiger partial charge in [-0.1, -0.05) is 24.3 Å². The lowest BCUT2D eigenvalue weighted by molar-refractivity contribution is -0.115. The fourth-order valence-corrected chi connectivity index (χ4v) is 2.92. The van der Waals surface area contributed by atoms with Gasteiger partial charge in [0.15, 0.2) is 0 Å². The predicted octanol–water partition coefficient (Wildman–Crippen LogP) is 4.15. The van der Waals surface area contributed by atoms with E-state index in [1.54, 1.807) is 7.11 Å². The molecule has 7 heteroatoms. The van der Waals surface area contributed by atoms with Gasteiger partial charge in [0.1, 0.15) is 11.6 Å². The van der Waals surface area contributed by atoms with Gasteiger partial charge in [-0.15, -0.1) is 0 Å². The summed E-state index contributed by atoms with van der Waals surface area (Å²) in [5, 5.41) is 9.34.